The Morgan fingerprint density at radius 2 is 1.83 bits per heavy atom. The summed E-state index contributed by atoms with van der Waals surface area (Å²) < 4.78 is 38.4. The number of sulfonamides is 1. The summed E-state index contributed by atoms with van der Waals surface area (Å²) in [6.07, 6.45) is 0.742. The number of fused-ring (bicyclic) bond motifs is 1. The van der Waals surface area contributed by atoms with Crippen molar-refractivity contribution in [3.63, 3.8) is 0 Å². The van der Waals surface area contributed by atoms with Gasteiger partial charge in [0.15, 0.2) is 11.5 Å². The number of rotatable bonds is 3. The Bertz CT molecular complexity index is 832. The number of phenolic OH excluding ortho intramolecular Hbond substituents is 1. The van der Waals surface area contributed by atoms with Crippen LogP contribution in [-0.4, -0.2) is 26.7 Å². The highest BCUT2D eigenvalue weighted by Gasteiger charge is 2.20. The molecule has 0 unspecified atom stereocenters. The quantitative estimate of drug-likeness (QED) is 0.843. The molecule has 0 spiro atoms. The summed E-state index contributed by atoms with van der Waals surface area (Å²) >= 11 is 0. The lowest BCUT2D eigenvalue weighted by atomic mass is 10.2. The van der Waals surface area contributed by atoms with Gasteiger partial charge in [-0.25, -0.2) is 8.42 Å². The Kier molecular flexibility index (Phi) is 4.04. The van der Waals surface area contributed by atoms with E-state index < -0.39 is 10.0 Å². The normalized spacial score (nSPS) is 14.1. The standard InChI is InChI=1S/C16H17NO5S/c1-11-4-2-5-13(16(11)18)17-23(19,20)12-6-7-14-15(10-12)22-9-3-8-21-14/h2,4-7,10,17-18H,3,8-9H2,1H3. The lowest BCUT2D eigenvalue weighted by molar-refractivity contribution is 0.297. The average Bonchev–Trinajstić information content (AvgIpc) is 2.76. The van der Waals surface area contributed by atoms with Crippen LogP contribution in [0, 0.1) is 6.92 Å². The first-order valence-electron chi connectivity index (χ1n) is 7.18. The van der Waals surface area contributed by atoms with Gasteiger partial charge in [0.1, 0.15) is 5.75 Å². The molecule has 1 heterocycles. The van der Waals surface area contributed by atoms with Gasteiger partial charge < -0.3 is 14.6 Å². The predicted octanol–water partition coefficient (Wildman–Crippen LogP) is 2.66. The summed E-state index contributed by atoms with van der Waals surface area (Å²) in [5.74, 6) is 0.837. The van der Waals surface area contributed by atoms with Crippen molar-refractivity contribution in [3.8, 4) is 17.2 Å². The number of nitrogens with one attached hydrogen (secondary N) is 1. The number of aromatic hydroxyl groups is 1. The first-order valence-corrected chi connectivity index (χ1v) is 8.67. The van der Waals surface area contributed by atoms with Crippen LogP contribution in [0.25, 0.3) is 0 Å². The first-order chi connectivity index (χ1) is 11.0. The van der Waals surface area contributed by atoms with E-state index in [0.29, 0.717) is 30.3 Å². The van der Waals surface area contributed by atoms with Crippen LogP contribution in [0.5, 0.6) is 17.2 Å². The van der Waals surface area contributed by atoms with Crippen LogP contribution in [0.15, 0.2) is 41.3 Å². The second-order valence-corrected chi connectivity index (χ2v) is 6.92. The minimum atomic E-state index is -3.84. The van der Waals surface area contributed by atoms with Gasteiger partial charge in [-0.1, -0.05) is 12.1 Å². The highest BCUT2D eigenvalue weighted by molar-refractivity contribution is 7.92. The molecule has 6 nitrogen and oxygen atoms in total. The molecule has 0 fully saturated rings. The molecule has 23 heavy (non-hydrogen) atoms. The molecule has 0 atom stereocenters. The molecule has 2 aromatic rings. The van der Waals surface area contributed by atoms with Gasteiger partial charge in [0, 0.05) is 12.5 Å². The van der Waals surface area contributed by atoms with Crippen molar-refractivity contribution in [2.45, 2.75) is 18.2 Å². The third-order valence-electron chi connectivity index (χ3n) is 3.51. The molecule has 0 saturated carbocycles. The lowest BCUT2D eigenvalue weighted by Gasteiger charge is -2.13. The number of ether oxygens (including phenoxy) is 2. The average molecular weight is 335 g/mol. The molecular weight excluding hydrogens is 318 g/mol. The van der Waals surface area contributed by atoms with Crippen molar-refractivity contribution in [1.82, 2.24) is 0 Å². The maximum Gasteiger partial charge on any atom is 0.262 e. The zero-order valence-corrected chi connectivity index (χ0v) is 13.4. The number of anilines is 1. The number of para-hydroxylation sites is 1. The molecule has 2 N–H and O–H groups in total. The summed E-state index contributed by atoms with van der Waals surface area (Å²) in [6.45, 7) is 2.71. The second kappa shape index (κ2) is 6.00. The van der Waals surface area contributed by atoms with Gasteiger partial charge in [0.05, 0.1) is 23.8 Å². The SMILES string of the molecule is Cc1cccc(NS(=O)(=O)c2ccc3c(c2)OCCCO3)c1O. The van der Waals surface area contributed by atoms with E-state index in [4.69, 9.17) is 9.47 Å². The van der Waals surface area contributed by atoms with Gasteiger partial charge in [-0.2, -0.15) is 0 Å². The third-order valence-corrected chi connectivity index (χ3v) is 4.87. The minimum absolute atomic E-state index is 0.0441. The third kappa shape index (κ3) is 3.19. The molecule has 0 aliphatic carbocycles. The van der Waals surface area contributed by atoms with E-state index in [-0.39, 0.29) is 16.3 Å². The summed E-state index contributed by atoms with van der Waals surface area (Å²) in [7, 11) is -3.84. The molecule has 0 bridgehead atoms. The van der Waals surface area contributed by atoms with Crippen LogP contribution in [-0.2, 0) is 10.0 Å². The maximum atomic E-state index is 12.5. The van der Waals surface area contributed by atoms with E-state index in [1.165, 1.54) is 18.2 Å². The van der Waals surface area contributed by atoms with Crippen LogP contribution in [0.3, 0.4) is 0 Å². The van der Waals surface area contributed by atoms with E-state index in [9.17, 15) is 13.5 Å². The Balaban J connectivity index is 1.94. The van der Waals surface area contributed by atoms with E-state index in [2.05, 4.69) is 4.72 Å². The number of hydrogen-bond donors (Lipinski definition) is 2. The lowest BCUT2D eigenvalue weighted by Crippen LogP contribution is -2.13. The number of aryl methyl sites for hydroxylation is 1. The topological polar surface area (TPSA) is 84.9 Å². The largest absolute Gasteiger partial charge is 0.505 e. The van der Waals surface area contributed by atoms with Gasteiger partial charge in [-0.05, 0) is 30.7 Å². The molecule has 122 valence electrons. The molecule has 1 aliphatic rings. The molecular formula is C16H17NO5S. The fourth-order valence-electron chi connectivity index (χ4n) is 2.26. The molecule has 7 heteroatoms. The molecule has 0 aromatic heterocycles. The second-order valence-electron chi connectivity index (χ2n) is 5.24. The summed E-state index contributed by atoms with van der Waals surface area (Å²) in [4.78, 5) is 0.0441. The van der Waals surface area contributed by atoms with E-state index in [1.807, 2.05) is 0 Å². The van der Waals surface area contributed by atoms with Gasteiger partial charge >= 0.3 is 0 Å². The fraction of sp³-hybridized carbons (Fsp3) is 0.250. The van der Waals surface area contributed by atoms with E-state index in [1.54, 1.807) is 25.1 Å². The van der Waals surface area contributed by atoms with Crippen LogP contribution >= 0.6 is 0 Å². The van der Waals surface area contributed by atoms with E-state index in [0.717, 1.165) is 6.42 Å². The number of benzene rings is 2. The fourth-order valence-corrected chi connectivity index (χ4v) is 3.34. The van der Waals surface area contributed by atoms with Crippen molar-refractivity contribution in [1.29, 1.82) is 0 Å². The Labute approximate surface area is 134 Å². The maximum absolute atomic E-state index is 12.5. The van der Waals surface area contributed by atoms with Crippen LogP contribution in [0.1, 0.15) is 12.0 Å². The zero-order chi connectivity index (χ0) is 16.4. The van der Waals surface area contributed by atoms with Gasteiger partial charge in [0.2, 0.25) is 0 Å². The Morgan fingerprint density at radius 3 is 2.61 bits per heavy atom. The molecule has 0 radical (unpaired) electrons. The molecule has 2 aromatic carbocycles. The number of phenols is 1. The smallest absolute Gasteiger partial charge is 0.262 e. The van der Waals surface area contributed by atoms with Crippen molar-refractivity contribution in [3.05, 3.63) is 42.0 Å². The highest BCUT2D eigenvalue weighted by Crippen LogP contribution is 2.34. The zero-order valence-electron chi connectivity index (χ0n) is 12.6. The molecule has 3 rings (SSSR count). The van der Waals surface area contributed by atoms with E-state index >= 15 is 0 Å². The first kappa shape index (κ1) is 15.5. The van der Waals surface area contributed by atoms with Crippen molar-refractivity contribution < 1.29 is 23.0 Å². The monoisotopic (exact) mass is 335 g/mol. The molecule has 1 aliphatic heterocycles. The molecule has 0 amide bonds. The van der Waals surface area contributed by atoms with Gasteiger partial charge in [-0.15, -0.1) is 0 Å². The van der Waals surface area contributed by atoms with Crippen LogP contribution in [0.2, 0.25) is 0 Å². The predicted molar refractivity (Wildman–Crippen MR) is 85.7 cm³/mol. The van der Waals surface area contributed by atoms with Crippen LogP contribution < -0.4 is 14.2 Å². The van der Waals surface area contributed by atoms with Crippen molar-refractivity contribution in [2.24, 2.45) is 0 Å². The summed E-state index contributed by atoms with van der Waals surface area (Å²) in [5, 5.41) is 9.97. The molecule has 0 saturated heterocycles. The van der Waals surface area contributed by atoms with Gasteiger partial charge in [-0.3, -0.25) is 4.72 Å². The van der Waals surface area contributed by atoms with Crippen LogP contribution in [0.4, 0.5) is 5.69 Å². The highest BCUT2D eigenvalue weighted by atomic mass is 32.2. The van der Waals surface area contributed by atoms with Gasteiger partial charge in [0.25, 0.3) is 10.0 Å². The van der Waals surface area contributed by atoms with Crippen molar-refractivity contribution >= 4 is 15.7 Å². The van der Waals surface area contributed by atoms with Crippen molar-refractivity contribution in [2.75, 3.05) is 17.9 Å². The Morgan fingerprint density at radius 1 is 1.09 bits per heavy atom. The Hall–Kier alpha value is -2.41. The summed E-state index contributed by atoms with van der Waals surface area (Å²) in [5.41, 5.74) is 0.723. The summed E-state index contributed by atoms with van der Waals surface area (Å²) in [6, 6.07) is 9.31. The minimum Gasteiger partial charge on any atom is -0.505 e. The number of hydrogen-bond acceptors (Lipinski definition) is 5.